The number of alkyl halides is 6. The summed E-state index contributed by atoms with van der Waals surface area (Å²) in [5.74, 6) is -5.09. The molecule has 0 atom stereocenters. The van der Waals surface area contributed by atoms with Gasteiger partial charge in [-0.3, -0.25) is 9.88 Å². The number of carbonyl (C=O) groups is 2. The van der Waals surface area contributed by atoms with Crippen molar-refractivity contribution < 1.29 is 50.9 Å². The van der Waals surface area contributed by atoms with Crippen molar-refractivity contribution in [3.63, 3.8) is 0 Å². The third-order valence-corrected chi connectivity index (χ3v) is 5.27. The van der Waals surface area contributed by atoms with E-state index in [1.54, 1.807) is 12.4 Å². The number of nitrogens with zero attached hydrogens (tertiary/aromatic N) is 4. The van der Waals surface area contributed by atoms with Crippen molar-refractivity contribution in [2.45, 2.75) is 43.6 Å². The molecule has 2 aromatic heterocycles. The molecule has 0 bridgehead atoms. The average Bonchev–Trinajstić information content (AvgIpc) is 3.32. The molecule has 35 heavy (non-hydrogen) atoms. The summed E-state index contributed by atoms with van der Waals surface area (Å²) in [7, 11) is 0. The van der Waals surface area contributed by atoms with E-state index in [4.69, 9.17) is 30.3 Å². The van der Waals surface area contributed by atoms with Crippen LogP contribution in [-0.4, -0.2) is 79.6 Å². The molecule has 2 fully saturated rings. The maximum atomic E-state index is 10.6. The molecule has 16 heteroatoms. The predicted octanol–water partition coefficient (Wildman–Crippen LogP) is 2.88. The molecule has 2 aliphatic heterocycles. The van der Waals surface area contributed by atoms with Crippen LogP contribution in [0, 0.1) is 0 Å². The Morgan fingerprint density at radius 1 is 1.03 bits per heavy atom. The molecule has 194 valence electrons. The van der Waals surface area contributed by atoms with E-state index in [1.165, 1.54) is 38.8 Å². The number of fused-ring (bicyclic) bond motifs is 2. The number of anilines is 1. The second-order valence-corrected chi connectivity index (χ2v) is 7.60. The van der Waals surface area contributed by atoms with Crippen molar-refractivity contribution in [3.8, 4) is 6.01 Å². The highest BCUT2D eigenvalue weighted by Gasteiger charge is 2.45. The third-order valence-electron chi connectivity index (χ3n) is 5.27. The van der Waals surface area contributed by atoms with Gasteiger partial charge < -0.3 is 20.7 Å². The molecule has 0 radical (unpaired) electrons. The van der Waals surface area contributed by atoms with E-state index in [0.29, 0.717) is 18.4 Å². The normalized spacial score (nSPS) is 17.0. The molecule has 0 saturated carbocycles. The maximum Gasteiger partial charge on any atom is 0.490 e. The zero-order valence-electron chi connectivity index (χ0n) is 17.9. The Labute approximate surface area is 193 Å². The Morgan fingerprint density at radius 3 is 2.03 bits per heavy atom. The van der Waals surface area contributed by atoms with E-state index in [1.807, 2.05) is 6.07 Å². The molecule has 0 unspecified atom stereocenters. The van der Waals surface area contributed by atoms with Crippen LogP contribution in [0.3, 0.4) is 0 Å². The minimum Gasteiger partial charge on any atom is -0.475 e. The fourth-order valence-corrected chi connectivity index (χ4v) is 3.70. The minimum atomic E-state index is -5.08. The third kappa shape index (κ3) is 7.53. The first-order valence-electron chi connectivity index (χ1n) is 10.0. The number of ether oxygens (including phenoxy) is 1. The van der Waals surface area contributed by atoms with Crippen molar-refractivity contribution in [2.24, 2.45) is 0 Å². The van der Waals surface area contributed by atoms with Gasteiger partial charge in [0.15, 0.2) is 0 Å². The summed E-state index contributed by atoms with van der Waals surface area (Å²) in [4.78, 5) is 33.1. The summed E-state index contributed by atoms with van der Waals surface area (Å²) < 4.78 is 69.4. The first-order chi connectivity index (χ1) is 16.2. The van der Waals surface area contributed by atoms with Crippen molar-refractivity contribution >= 4 is 28.7 Å². The summed E-state index contributed by atoms with van der Waals surface area (Å²) in [6.07, 6.45) is -1.85. The lowest BCUT2D eigenvalue weighted by Gasteiger charge is -2.31. The van der Waals surface area contributed by atoms with E-state index >= 15 is 0 Å². The van der Waals surface area contributed by atoms with Crippen molar-refractivity contribution in [3.05, 3.63) is 18.5 Å². The zero-order chi connectivity index (χ0) is 26.4. The highest BCUT2D eigenvalue weighted by molar-refractivity contribution is 5.87. The van der Waals surface area contributed by atoms with Crippen molar-refractivity contribution in [2.75, 3.05) is 25.4 Å². The quantitative estimate of drug-likeness (QED) is 0.523. The number of carboxylic acids is 2. The maximum absolute atomic E-state index is 10.6. The number of aliphatic carboxylic acids is 2. The topological polar surface area (TPSA) is 152 Å². The number of hydrogen-bond acceptors (Lipinski definition) is 8. The fraction of sp³-hybridized carbons (Fsp3) is 0.526. The number of nitrogens with two attached hydrogens (primary N) is 1. The lowest BCUT2D eigenvalue weighted by molar-refractivity contribution is -0.193. The second-order valence-electron chi connectivity index (χ2n) is 7.60. The highest BCUT2D eigenvalue weighted by Crippen LogP contribution is 2.39. The molecular weight excluding hydrogens is 492 g/mol. The van der Waals surface area contributed by atoms with Gasteiger partial charge in [-0.05, 0) is 44.8 Å². The van der Waals surface area contributed by atoms with Gasteiger partial charge in [-0.25, -0.2) is 9.59 Å². The zero-order valence-corrected chi connectivity index (χ0v) is 17.9. The Balaban J connectivity index is 0.000000257. The van der Waals surface area contributed by atoms with Crippen LogP contribution in [0.1, 0.15) is 25.7 Å². The van der Waals surface area contributed by atoms with E-state index in [9.17, 15) is 26.3 Å². The van der Waals surface area contributed by atoms with E-state index in [0.717, 1.165) is 10.9 Å². The Bertz CT molecular complexity index is 1010. The van der Waals surface area contributed by atoms with Crippen LogP contribution in [0.5, 0.6) is 6.01 Å². The predicted molar refractivity (Wildman–Crippen MR) is 107 cm³/mol. The molecule has 2 aliphatic rings. The van der Waals surface area contributed by atoms with Gasteiger partial charge in [0.05, 0.1) is 16.4 Å². The average molecular weight is 513 g/mol. The standard InChI is InChI=1S/C15H19N5O.2C2HF3O2/c16-13-11-9-17-6-3-12(11)18-14(19-13)21-10-15-4-1-7-20(15)8-2-5-15;2*3-2(4,5)1(6)7/h3,6,9H,1-2,4-5,7-8,10H2,(H2,16,18,19);2*(H,6,7). The van der Waals surface area contributed by atoms with Crippen LogP contribution in [-0.2, 0) is 9.59 Å². The monoisotopic (exact) mass is 513 g/mol. The molecule has 0 aromatic carbocycles. The molecule has 4 N–H and O–H groups in total. The molecule has 10 nitrogen and oxygen atoms in total. The minimum absolute atomic E-state index is 0.200. The first kappa shape index (κ1) is 27.8. The Kier molecular flexibility index (Phi) is 8.64. The van der Waals surface area contributed by atoms with E-state index in [-0.39, 0.29) is 5.54 Å². The number of nitrogen functional groups attached to an aromatic ring is 1. The van der Waals surface area contributed by atoms with Gasteiger partial charge in [-0.1, -0.05) is 0 Å². The summed E-state index contributed by atoms with van der Waals surface area (Å²) in [5, 5.41) is 15.0. The van der Waals surface area contributed by atoms with Crippen LogP contribution >= 0.6 is 0 Å². The first-order valence-corrected chi connectivity index (χ1v) is 10.0. The SMILES string of the molecule is Nc1nc(OCC23CCCN2CCC3)nc2ccncc12.O=C(O)C(F)(F)F.O=C(O)C(F)(F)F. The van der Waals surface area contributed by atoms with Gasteiger partial charge in [0.1, 0.15) is 12.4 Å². The molecule has 4 rings (SSSR count). The smallest absolute Gasteiger partial charge is 0.475 e. The largest absolute Gasteiger partial charge is 0.490 e. The van der Waals surface area contributed by atoms with E-state index < -0.39 is 24.3 Å². The van der Waals surface area contributed by atoms with Gasteiger partial charge in [-0.15, -0.1) is 0 Å². The van der Waals surface area contributed by atoms with Gasteiger partial charge in [0, 0.05) is 12.4 Å². The molecule has 2 aromatic rings. The fourth-order valence-electron chi connectivity index (χ4n) is 3.70. The molecule has 0 spiro atoms. The number of hydrogen-bond donors (Lipinski definition) is 3. The molecule has 0 aliphatic carbocycles. The number of carboxylic acid groups (broad SMARTS) is 2. The van der Waals surface area contributed by atoms with Crippen LogP contribution in [0.2, 0.25) is 0 Å². The summed E-state index contributed by atoms with van der Waals surface area (Å²) >= 11 is 0. The van der Waals surface area contributed by atoms with Gasteiger partial charge in [0.2, 0.25) is 0 Å². The highest BCUT2D eigenvalue weighted by atomic mass is 19.4. The molecule has 4 heterocycles. The lowest BCUT2D eigenvalue weighted by Crippen LogP contribution is -2.43. The summed E-state index contributed by atoms with van der Waals surface area (Å²) in [5.41, 5.74) is 6.94. The van der Waals surface area contributed by atoms with Crippen molar-refractivity contribution in [1.29, 1.82) is 0 Å². The molecular formula is C19H21F6N5O5. The van der Waals surface area contributed by atoms with Crippen LogP contribution in [0.15, 0.2) is 18.5 Å². The molecule has 0 amide bonds. The summed E-state index contributed by atoms with van der Waals surface area (Å²) in [6, 6.07) is 2.20. The Morgan fingerprint density at radius 2 is 1.54 bits per heavy atom. The number of rotatable bonds is 3. The lowest BCUT2D eigenvalue weighted by atomic mass is 9.95. The number of aromatic nitrogens is 3. The summed E-state index contributed by atoms with van der Waals surface area (Å²) in [6.45, 7) is 3.04. The Hall–Kier alpha value is -3.43. The van der Waals surface area contributed by atoms with Crippen LogP contribution in [0.25, 0.3) is 10.9 Å². The molecule has 2 saturated heterocycles. The van der Waals surface area contributed by atoms with Crippen LogP contribution < -0.4 is 10.5 Å². The van der Waals surface area contributed by atoms with Gasteiger partial charge in [0.25, 0.3) is 0 Å². The van der Waals surface area contributed by atoms with Gasteiger partial charge in [-0.2, -0.15) is 36.3 Å². The second kappa shape index (κ2) is 10.9. The van der Waals surface area contributed by atoms with Crippen LogP contribution in [0.4, 0.5) is 32.2 Å². The van der Waals surface area contributed by atoms with Crippen molar-refractivity contribution in [1.82, 2.24) is 19.9 Å². The van der Waals surface area contributed by atoms with Gasteiger partial charge >= 0.3 is 30.3 Å². The number of halogens is 6. The number of pyridine rings is 1. The van der Waals surface area contributed by atoms with E-state index in [2.05, 4.69) is 19.9 Å².